The number of anilines is 1. The first kappa shape index (κ1) is 20.3. The van der Waals surface area contributed by atoms with Crippen molar-refractivity contribution in [3.8, 4) is 0 Å². The highest BCUT2D eigenvalue weighted by atomic mass is 35.5. The molecule has 1 aromatic carbocycles. The largest absolute Gasteiger partial charge is 0.352 e. The Kier molecular flexibility index (Phi) is 5.20. The Bertz CT molecular complexity index is 1400. The molecule has 1 amide bonds. The summed E-state index contributed by atoms with van der Waals surface area (Å²) >= 11 is 6.98. The van der Waals surface area contributed by atoms with E-state index in [4.69, 9.17) is 11.6 Å². The van der Waals surface area contributed by atoms with Crippen molar-refractivity contribution in [3.05, 3.63) is 61.3 Å². The lowest BCUT2D eigenvalue weighted by Crippen LogP contribution is -2.29. The Hall–Kier alpha value is -2.98. The molecule has 0 aliphatic rings. The predicted octanol–water partition coefficient (Wildman–Crippen LogP) is 2.96. The second-order valence-corrected chi connectivity index (χ2v) is 8.52. The van der Waals surface area contributed by atoms with Gasteiger partial charge in [-0.05, 0) is 35.6 Å². The third kappa shape index (κ3) is 3.52. The molecule has 8 nitrogen and oxygen atoms in total. The maximum absolute atomic E-state index is 13.3. The highest BCUT2D eigenvalue weighted by Crippen LogP contribution is 2.20. The predicted molar refractivity (Wildman–Crippen MR) is 114 cm³/mol. The van der Waals surface area contributed by atoms with Crippen LogP contribution in [-0.2, 0) is 17.9 Å². The first-order valence-electron chi connectivity index (χ1n) is 9.10. The number of aromatic nitrogens is 4. The van der Waals surface area contributed by atoms with Gasteiger partial charge in [0.2, 0.25) is 11.7 Å². The molecule has 0 aliphatic carbocycles. The van der Waals surface area contributed by atoms with Crippen molar-refractivity contribution >= 4 is 50.5 Å². The van der Waals surface area contributed by atoms with Gasteiger partial charge in [0.25, 0.3) is 5.56 Å². The van der Waals surface area contributed by atoms with Crippen LogP contribution in [-0.4, -0.2) is 24.7 Å². The first-order chi connectivity index (χ1) is 14.3. The fraction of sp³-hybridized carbons (Fsp3) is 0.263. The third-order valence-corrected chi connectivity index (χ3v) is 5.61. The molecule has 3 aromatic heterocycles. The summed E-state index contributed by atoms with van der Waals surface area (Å²) < 4.78 is 17.5. The molecule has 0 bridgehead atoms. The van der Waals surface area contributed by atoms with E-state index in [0.29, 0.717) is 22.4 Å². The second kappa shape index (κ2) is 7.69. The van der Waals surface area contributed by atoms with Crippen LogP contribution < -0.4 is 16.6 Å². The Balaban J connectivity index is 1.75. The maximum Gasteiger partial charge on any atom is 0.352 e. The molecule has 156 valence electrons. The maximum atomic E-state index is 13.3. The highest BCUT2D eigenvalue weighted by molar-refractivity contribution is 7.17. The second-order valence-electron chi connectivity index (χ2n) is 7.20. The Labute approximate surface area is 178 Å². The molecular weight excluding hydrogens is 433 g/mol. The van der Waals surface area contributed by atoms with Crippen molar-refractivity contribution in [3.63, 3.8) is 0 Å². The van der Waals surface area contributed by atoms with Gasteiger partial charge in [0.05, 0.1) is 10.5 Å². The van der Waals surface area contributed by atoms with Gasteiger partial charge in [-0.2, -0.15) is 0 Å². The van der Waals surface area contributed by atoms with Gasteiger partial charge in [-0.15, -0.1) is 16.4 Å². The Morgan fingerprint density at radius 3 is 2.77 bits per heavy atom. The average Bonchev–Trinajstić information content (AvgIpc) is 3.27. The molecule has 4 rings (SSSR count). The molecule has 0 fully saturated rings. The van der Waals surface area contributed by atoms with E-state index in [1.807, 2.05) is 13.8 Å². The molecule has 0 saturated heterocycles. The van der Waals surface area contributed by atoms with Gasteiger partial charge in [-0.3, -0.25) is 14.2 Å². The van der Waals surface area contributed by atoms with Gasteiger partial charge in [-0.1, -0.05) is 25.4 Å². The number of nitrogens with zero attached hydrogens (tertiary/aromatic N) is 4. The van der Waals surface area contributed by atoms with Crippen LogP contribution in [0.4, 0.5) is 10.1 Å². The first-order valence-corrected chi connectivity index (χ1v) is 10.4. The SMILES string of the molecule is CC(C)Cn1c(=O)c2sccc2n2c(=O)n(CC(=O)Nc3ccc(F)c(Cl)c3)nc12. The molecule has 0 aliphatic heterocycles. The molecule has 0 saturated carbocycles. The van der Waals surface area contributed by atoms with Crippen molar-refractivity contribution in [2.24, 2.45) is 5.92 Å². The number of carbonyl (C=O) groups is 1. The van der Waals surface area contributed by atoms with E-state index in [-0.39, 0.29) is 28.8 Å². The molecule has 0 spiro atoms. The molecule has 11 heteroatoms. The molecule has 30 heavy (non-hydrogen) atoms. The van der Waals surface area contributed by atoms with Crippen LogP contribution in [0.3, 0.4) is 0 Å². The van der Waals surface area contributed by atoms with Crippen LogP contribution in [0.2, 0.25) is 5.02 Å². The van der Waals surface area contributed by atoms with Crippen molar-refractivity contribution in [2.75, 3.05) is 5.32 Å². The monoisotopic (exact) mass is 449 g/mol. The van der Waals surface area contributed by atoms with Crippen LogP contribution >= 0.6 is 22.9 Å². The molecule has 1 N–H and O–H groups in total. The van der Waals surface area contributed by atoms with Gasteiger partial charge in [0.1, 0.15) is 17.1 Å². The summed E-state index contributed by atoms with van der Waals surface area (Å²) in [6, 6.07) is 5.45. The molecule has 3 heterocycles. The number of carbonyl (C=O) groups excluding carboxylic acids is 1. The van der Waals surface area contributed by atoms with E-state index in [0.717, 1.165) is 10.7 Å². The summed E-state index contributed by atoms with van der Waals surface area (Å²) in [7, 11) is 0. The molecular formula is C19H17ClFN5O3S. The normalized spacial score (nSPS) is 11.6. The van der Waals surface area contributed by atoms with Crippen molar-refractivity contribution in [1.29, 1.82) is 0 Å². The van der Waals surface area contributed by atoms with E-state index in [2.05, 4.69) is 10.4 Å². The molecule has 0 atom stereocenters. The summed E-state index contributed by atoms with van der Waals surface area (Å²) in [5.74, 6) is -0.811. The lowest BCUT2D eigenvalue weighted by Gasteiger charge is -2.09. The number of benzene rings is 1. The van der Waals surface area contributed by atoms with E-state index >= 15 is 0 Å². The number of thiophene rings is 1. The number of hydrogen-bond donors (Lipinski definition) is 1. The zero-order chi connectivity index (χ0) is 21.6. The van der Waals surface area contributed by atoms with Crippen molar-refractivity contribution in [1.82, 2.24) is 18.7 Å². The third-order valence-electron chi connectivity index (χ3n) is 4.43. The quantitative estimate of drug-likeness (QED) is 0.507. The van der Waals surface area contributed by atoms with Gasteiger partial charge in [0.15, 0.2) is 0 Å². The number of halogens is 2. The molecule has 4 aromatic rings. The summed E-state index contributed by atoms with van der Waals surface area (Å²) in [5.41, 5.74) is 0.00378. The minimum absolute atomic E-state index is 0.129. The van der Waals surface area contributed by atoms with Gasteiger partial charge in [0, 0.05) is 12.2 Å². The Morgan fingerprint density at radius 2 is 2.07 bits per heavy atom. The van der Waals surface area contributed by atoms with Crippen LogP contribution in [0.5, 0.6) is 0 Å². The summed E-state index contributed by atoms with van der Waals surface area (Å²) in [4.78, 5) is 38.3. The van der Waals surface area contributed by atoms with Gasteiger partial charge < -0.3 is 5.32 Å². The van der Waals surface area contributed by atoms with Gasteiger partial charge in [-0.25, -0.2) is 18.3 Å². The number of nitrogens with one attached hydrogen (secondary N) is 1. The van der Waals surface area contributed by atoms with Gasteiger partial charge >= 0.3 is 5.69 Å². The fourth-order valence-electron chi connectivity index (χ4n) is 3.18. The highest BCUT2D eigenvalue weighted by Gasteiger charge is 2.20. The fourth-order valence-corrected chi connectivity index (χ4v) is 4.18. The van der Waals surface area contributed by atoms with Crippen LogP contribution in [0.1, 0.15) is 13.8 Å². The molecule has 0 unspecified atom stereocenters. The van der Waals surface area contributed by atoms with E-state index in [9.17, 15) is 18.8 Å². The lowest BCUT2D eigenvalue weighted by molar-refractivity contribution is -0.117. The number of amides is 1. The zero-order valence-electron chi connectivity index (χ0n) is 16.1. The zero-order valence-corrected chi connectivity index (χ0v) is 17.6. The minimum atomic E-state index is -0.603. The number of rotatable bonds is 5. The number of hydrogen-bond acceptors (Lipinski definition) is 5. The minimum Gasteiger partial charge on any atom is -0.324 e. The smallest absolute Gasteiger partial charge is 0.324 e. The lowest BCUT2D eigenvalue weighted by atomic mass is 10.2. The van der Waals surface area contributed by atoms with E-state index < -0.39 is 17.4 Å². The van der Waals surface area contributed by atoms with Crippen molar-refractivity contribution in [2.45, 2.75) is 26.9 Å². The summed E-state index contributed by atoms with van der Waals surface area (Å²) in [5, 5.41) is 8.42. The topological polar surface area (TPSA) is 90.4 Å². The number of fused-ring (bicyclic) bond motifs is 3. The average molecular weight is 450 g/mol. The van der Waals surface area contributed by atoms with Crippen LogP contribution in [0.15, 0.2) is 39.2 Å². The van der Waals surface area contributed by atoms with Crippen LogP contribution in [0.25, 0.3) is 16.0 Å². The summed E-state index contributed by atoms with van der Waals surface area (Å²) in [6.45, 7) is 3.92. The van der Waals surface area contributed by atoms with Crippen molar-refractivity contribution < 1.29 is 9.18 Å². The Morgan fingerprint density at radius 1 is 1.30 bits per heavy atom. The standard InChI is InChI=1S/C19H17ClFN5O3S/c1-10(2)8-24-17(28)16-14(5-6-30-16)26-18(24)23-25(19(26)29)9-15(27)22-11-3-4-13(21)12(20)7-11/h3-7,10H,8-9H2,1-2H3,(H,22,27). The van der Waals surface area contributed by atoms with E-state index in [1.54, 1.807) is 11.4 Å². The van der Waals surface area contributed by atoms with E-state index in [1.165, 1.54) is 32.4 Å². The van der Waals surface area contributed by atoms with Crippen LogP contribution in [0, 0.1) is 11.7 Å². The summed E-state index contributed by atoms with van der Waals surface area (Å²) in [6.07, 6.45) is 0. The molecule has 0 radical (unpaired) electrons.